The number of nitrogens with zero attached hydrogens (tertiary/aromatic N) is 2. The minimum atomic E-state index is -0.675. The maximum absolute atomic E-state index is 12.3. The smallest absolute Gasteiger partial charge is 0.242 e. The SMILES string of the molecule is CCC(N)(CC)C(=O)N(C)CC1CCCN1C. The quantitative estimate of drug-likeness (QED) is 0.783. The Bertz CT molecular complexity index is 263. The maximum Gasteiger partial charge on any atom is 0.242 e. The highest BCUT2D eigenvalue weighted by Crippen LogP contribution is 2.19. The third-order valence-corrected chi connectivity index (χ3v) is 4.19. The number of amides is 1. The fourth-order valence-electron chi connectivity index (χ4n) is 2.54. The van der Waals surface area contributed by atoms with Crippen LogP contribution in [0.5, 0.6) is 0 Å². The minimum Gasteiger partial charge on any atom is -0.343 e. The highest BCUT2D eigenvalue weighted by Gasteiger charge is 2.34. The molecule has 0 aromatic heterocycles. The average Bonchev–Trinajstić information content (AvgIpc) is 2.73. The van der Waals surface area contributed by atoms with Crippen LogP contribution in [0.15, 0.2) is 0 Å². The fraction of sp³-hybridized carbons (Fsp3) is 0.923. The van der Waals surface area contributed by atoms with Gasteiger partial charge in [0.25, 0.3) is 0 Å². The van der Waals surface area contributed by atoms with E-state index in [1.54, 1.807) is 0 Å². The molecule has 1 saturated heterocycles. The Kier molecular flexibility index (Phi) is 4.95. The summed E-state index contributed by atoms with van der Waals surface area (Å²) < 4.78 is 0. The van der Waals surface area contributed by atoms with Crippen molar-refractivity contribution in [2.24, 2.45) is 5.73 Å². The number of nitrogens with two attached hydrogens (primary N) is 1. The van der Waals surface area contributed by atoms with Gasteiger partial charge in [-0.3, -0.25) is 4.79 Å². The summed E-state index contributed by atoms with van der Waals surface area (Å²) in [6, 6.07) is 0.502. The maximum atomic E-state index is 12.3. The van der Waals surface area contributed by atoms with Crippen molar-refractivity contribution in [3.63, 3.8) is 0 Å². The monoisotopic (exact) mass is 241 g/mol. The lowest BCUT2D eigenvalue weighted by Crippen LogP contribution is -2.55. The molecule has 4 nitrogen and oxygen atoms in total. The third-order valence-electron chi connectivity index (χ3n) is 4.19. The second-order valence-corrected chi connectivity index (χ2v) is 5.33. The minimum absolute atomic E-state index is 0.0859. The standard InChI is InChI=1S/C13H27N3O/c1-5-13(14,6-2)12(17)16(4)10-11-8-7-9-15(11)3/h11H,5-10,14H2,1-4H3. The summed E-state index contributed by atoms with van der Waals surface area (Å²) in [6.07, 6.45) is 3.82. The van der Waals surface area contributed by atoms with Crippen molar-refractivity contribution in [1.82, 2.24) is 9.80 Å². The lowest BCUT2D eigenvalue weighted by Gasteiger charge is -2.33. The zero-order valence-corrected chi connectivity index (χ0v) is 11.7. The van der Waals surface area contributed by atoms with Crippen LogP contribution in [0, 0.1) is 0 Å². The lowest BCUT2D eigenvalue weighted by atomic mass is 9.92. The molecule has 0 radical (unpaired) electrons. The van der Waals surface area contributed by atoms with Gasteiger partial charge in [-0.25, -0.2) is 0 Å². The summed E-state index contributed by atoms with van der Waals surface area (Å²) in [4.78, 5) is 16.5. The van der Waals surface area contributed by atoms with E-state index in [4.69, 9.17) is 5.73 Å². The van der Waals surface area contributed by atoms with Crippen molar-refractivity contribution in [2.45, 2.75) is 51.1 Å². The van der Waals surface area contributed by atoms with Crippen LogP contribution < -0.4 is 5.73 Å². The molecule has 0 bridgehead atoms. The molecule has 1 fully saturated rings. The topological polar surface area (TPSA) is 49.6 Å². The van der Waals surface area contributed by atoms with Gasteiger partial charge in [0, 0.05) is 19.6 Å². The van der Waals surface area contributed by atoms with Crippen LogP contribution in [-0.2, 0) is 4.79 Å². The zero-order valence-electron chi connectivity index (χ0n) is 11.7. The molecule has 1 heterocycles. The lowest BCUT2D eigenvalue weighted by molar-refractivity contribution is -0.136. The second-order valence-electron chi connectivity index (χ2n) is 5.33. The summed E-state index contributed by atoms with van der Waals surface area (Å²) in [5.41, 5.74) is 5.47. The predicted octanol–water partition coefficient (Wildman–Crippen LogP) is 1.06. The van der Waals surface area contributed by atoms with Crippen LogP contribution in [-0.4, -0.2) is 54.5 Å². The summed E-state index contributed by atoms with van der Waals surface area (Å²) in [7, 11) is 4.01. The van der Waals surface area contributed by atoms with Crippen LogP contribution in [0.25, 0.3) is 0 Å². The van der Waals surface area contributed by atoms with Crippen molar-refractivity contribution < 1.29 is 4.79 Å². The zero-order chi connectivity index (χ0) is 13.1. The molecule has 0 aromatic rings. The van der Waals surface area contributed by atoms with E-state index in [-0.39, 0.29) is 5.91 Å². The summed E-state index contributed by atoms with van der Waals surface area (Å²) >= 11 is 0. The van der Waals surface area contributed by atoms with E-state index < -0.39 is 5.54 Å². The van der Waals surface area contributed by atoms with Crippen LogP contribution in [0.2, 0.25) is 0 Å². The largest absolute Gasteiger partial charge is 0.343 e. The van der Waals surface area contributed by atoms with Gasteiger partial charge in [0.05, 0.1) is 5.54 Å². The van der Waals surface area contributed by atoms with Crippen LogP contribution in [0.1, 0.15) is 39.5 Å². The van der Waals surface area contributed by atoms with Crippen molar-refractivity contribution in [3.05, 3.63) is 0 Å². The van der Waals surface area contributed by atoms with Gasteiger partial charge in [-0.05, 0) is 39.3 Å². The number of hydrogen-bond acceptors (Lipinski definition) is 3. The molecule has 1 atom stereocenters. The molecular weight excluding hydrogens is 214 g/mol. The first-order chi connectivity index (χ1) is 7.94. The van der Waals surface area contributed by atoms with Gasteiger partial charge >= 0.3 is 0 Å². The Labute approximate surface area is 105 Å². The van der Waals surface area contributed by atoms with Gasteiger partial charge in [0.15, 0.2) is 0 Å². The number of carbonyl (C=O) groups is 1. The average molecular weight is 241 g/mol. The number of rotatable bonds is 5. The van der Waals surface area contributed by atoms with Crippen LogP contribution >= 0.6 is 0 Å². The molecule has 0 aromatic carbocycles. The predicted molar refractivity (Wildman–Crippen MR) is 70.8 cm³/mol. The van der Waals surface area contributed by atoms with Gasteiger partial charge in [0.1, 0.15) is 0 Å². The molecular formula is C13H27N3O. The number of hydrogen-bond donors (Lipinski definition) is 1. The van der Waals surface area contributed by atoms with Crippen molar-refractivity contribution >= 4 is 5.91 Å². The van der Waals surface area contributed by atoms with E-state index in [2.05, 4.69) is 11.9 Å². The van der Waals surface area contributed by atoms with E-state index >= 15 is 0 Å². The molecule has 1 unspecified atom stereocenters. The van der Waals surface area contributed by atoms with Gasteiger partial charge in [-0.2, -0.15) is 0 Å². The molecule has 2 N–H and O–H groups in total. The highest BCUT2D eigenvalue weighted by molar-refractivity contribution is 5.85. The molecule has 1 aliphatic rings. The Hall–Kier alpha value is -0.610. The first-order valence-electron chi connectivity index (χ1n) is 6.69. The van der Waals surface area contributed by atoms with E-state index in [1.165, 1.54) is 12.8 Å². The third kappa shape index (κ3) is 3.19. The Balaban J connectivity index is 2.57. The van der Waals surface area contributed by atoms with E-state index in [0.29, 0.717) is 18.9 Å². The summed E-state index contributed by atoms with van der Waals surface area (Å²) in [5.74, 6) is 0.0859. The number of likely N-dealkylation sites (N-methyl/N-ethyl adjacent to an activating group) is 2. The molecule has 4 heteroatoms. The van der Waals surface area contributed by atoms with E-state index in [0.717, 1.165) is 13.1 Å². The van der Waals surface area contributed by atoms with Gasteiger partial charge < -0.3 is 15.5 Å². The van der Waals surface area contributed by atoms with Gasteiger partial charge in [-0.1, -0.05) is 13.8 Å². The Morgan fingerprint density at radius 3 is 2.47 bits per heavy atom. The molecule has 1 amide bonds. The molecule has 1 rings (SSSR count). The molecule has 100 valence electrons. The molecule has 0 spiro atoms. The Morgan fingerprint density at radius 1 is 1.47 bits per heavy atom. The summed E-state index contributed by atoms with van der Waals surface area (Å²) in [5, 5.41) is 0. The van der Waals surface area contributed by atoms with Crippen molar-refractivity contribution in [1.29, 1.82) is 0 Å². The highest BCUT2D eigenvalue weighted by atomic mass is 16.2. The Morgan fingerprint density at radius 2 is 2.06 bits per heavy atom. The van der Waals surface area contributed by atoms with Gasteiger partial charge in [-0.15, -0.1) is 0 Å². The number of carbonyl (C=O) groups excluding carboxylic acids is 1. The van der Waals surface area contributed by atoms with Crippen LogP contribution in [0.3, 0.4) is 0 Å². The van der Waals surface area contributed by atoms with Crippen molar-refractivity contribution in [3.8, 4) is 0 Å². The first-order valence-corrected chi connectivity index (χ1v) is 6.69. The van der Waals surface area contributed by atoms with Crippen LogP contribution in [0.4, 0.5) is 0 Å². The van der Waals surface area contributed by atoms with E-state index in [9.17, 15) is 4.79 Å². The van der Waals surface area contributed by atoms with E-state index in [1.807, 2.05) is 25.8 Å². The molecule has 0 saturated carbocycles. The first kappa shape index (κ1) is 14.5. The second kappa shape index (κ2) is 5.83. The van der Waals surface area contributed by atoms with Crippen molar-refractivity contribution in [2.75, 3.05) is 27.2 Å². The fourth-order valence-corrected chi connectivity index (χ4v) is 2.54. The molecule has 17 heavy (non-hydrogen) atoms. The molecule has 0 aliphatic carbocycles. The normalized spacial score (nSPS) is 21.8. The van der Waals surface area contributed by atoms with Gasteiger partial charge in [0.2, 0.25) is 5.91 Å². The number of likely N-dealkylation sites (tertiary alicyclic amines) is 1. The summed E-state index contributed by atoms with van der Waals surface area (Å²) in [6.45, 7) is 5.91. The molecule has 1 aliphatic heterocycles.